The Balaban J connectivity index is 1.61. The summed E-state index contributed by atoms with van der Waals surface area (Å²) in [5.74, 6) is 2.01. The maximum absolute atomic E-state index is 13.0. The van der Waals surface area contributed by atoms with Crippen LogP contribution in [0.5, 0.6) is 5.75 Å². The van der Waals surface area contributed by atoms with Crippen molar-refractivity contribution in [2.24, 2.45) is 5.92 Å². The van der Waals surface area contributed by atoms with Gasteiger partial charge in [0.15, 0.2) is 0 Å². The third-order valence-electron chi connectivity index (χ3n) is 6.51. The molecule has 5 nitrogen and oxygen atoms in total. The number of aromatic hydroxyl groups is 1. The molecule has 1 saturated carbocycles. The number of allylic oxidation sites excluding steroid dienone is 1. The minimum absolute atomic E-state index is 0.0120. The lowest BCUT2D eigenvalue weighted by molar-refractivity contribution is 0.00211. The van der Waals surface area contributed by atoms with Crippen molar-refractivity contribution >= 4 is 0 Å². The quantitative estimate of drug-likeness (QED) is 0.702. The zero-order valence-corrected chi connectivity index (χ0v) is 17.0. The number of hydrogen-bond acceptors (Lipinski definition) is 5. The van der Waals surface area contributed by atoms with E-state index in [2.05, 4.69) is 6.92 Å². The standard InChI is InChI=1S/C23H32O5/c1-3-17(12-18-6-4-5-11-26-18)20-13-19(24)21(22(25)27-20)23(14-16-7-8-16)10-9-15(2)28-23/h9,13,16-18,24H,3-8,10-12,14H2,1-2H3. The molecule has 1 saturated heterocycles. The molecule has 3 aliphatic rings. The minimum atomic E-state index is -0.775. The Morgan fingerprint density at radius 3 is 2.68 bits per heavy atom. The second-order valence-electron chi connectivity index (χ2n) is 8.79. The van der Waals surface area contributed by atoms with E-state index in [1.807, 2.05) is 13.0 Å². The van der Waals surface area contributed by atoms with E-state index in [-0.39, 0.29) is 17.8 Å². The van der Waals surface area contributed by atoms with Crippen molar-refractivity contribution in [1.82, 2.24) is 0 Å². The van der Waals surface area contributed by atoms with Gasteiger partial charge in [0, 0.05) is 25.0 Å². The maximum Gasteiger partial charge on any atom is 0.347 e. The van der Waals surface area contributed by atoms with Crippen LogP contribution in [0.15, 0.2) is 27.1 Å². The number of hydrogen-bond donors (Lipinski definition) is 1. The summed E-state index contributed by atoms with van der Waals surface area (Å²) < 4.78 is 17.8. The van der Waals surface area contributed by atoms with Gasteiger partial charge < -0.3 is 19.0 Å². The van der Waals surface area contributed by atoms with E-state index < -0.39 is 11.2 Å². The Bertz CT molecular complexity index is 785. The van der Waals surface area contributed by atoms with Gasteiger partial charge in [0.2, 0.25) is 0 Å². The molecule has 154 valence electrons. The van der Waals surface area contributed by atoms with Gasteiger partial charge in [-0.1, -0.05) is 19.8 Å². The van der Waals surface area contributed by atoms with Crippen molar-refractivity contribution in [2.75, 3.05) is 6.61 Å². The molecule has 1 aromatic rings. The second kappa shape index (κ2) is 7.94. The van der Waals surface area contributed by atoms with E-state index in [4.69, 9.17) is 13.9 Å². The molecular weight excluding hydrogens is 356 g/mol. The summed E-state index contributed by atoms with van der Waals surface area (Å²) >= 11 is 0. The summed E-state index contributed by atoms with van der Waals surface area (Å²) in [4.78, 5) is 13.0. The fraction of sp³-hybridized carbons (Fsp3) is 0.696. The molecule has 0 amide bonds. The van der Waals surface area contributed by atoms with E-state index in [9.17, 15) is 9.90 Å². The molecule has 2 fully saturated rings. The van der Waals surface area contributed by atoms with Crippen LogP contribution in [0.25, 0.3) is 0 Å². The fourth-order valence-electron chi connectivity index (χ4n) is 4.78. The smallest absolute Gasteiger partial charge is 0.347 e. The van der Waals surface area contributed by atoms with Crippen LogP contribution in [0, 0.1) is 5.92 Å². The summed E-state index contributed by atoms with van der Waals surface area (Å²) in [7, 11) is 0. The first-order valence-electron chi connectivity index (χ1n) is 10.9. The molecule has 5 heteroatoms. The van der Waals surface area contributed by atoms with Crippen molar-refractivity contribution in [3.63, 3.8) is 0 Å². The lowest BCUT2D eigenvalue weighted by Gasteiger charge is -2.30. The van der Waals surface area contributed by atoms with E-state index in [1.165, 1.54) is 6.42 Å². The van der Waals surface area contributed by atoms with Gasteiger partial charge in [-0.3, -0.25) is 0 Å². The summed E-state index contributed by atoms with van der Waals surface area (Å²) in [5.41, 5.74) is -0.940. The first kappa shape index (κ1) is 19.6. The fourth-order valence-corrected chi connectivity index (χ4v) is 4.78. The number of rotatable bonds is 7. The average molecular weight is 389 g/mol. The number of ether oxygens (including phenoxy) is 2. The molecular formula is C23H32O5. The summed E-state index contributed by atoms with van der Waals surface area (Å²) in [6.07, 6.45) is 10.9. The molecule has 3 heterocycles. The largest absolute Gasteiger partial charge is 0.507 e. The predicted octanol–water partition coefficient (Wildman–Crippen LogP) is 5.12. The zero-order chi connectivity index (χ0) is 19.7. The Hall–Kier alpha value is -1.75. The molecule has 0 bridgehead atoms. The molecule has 0 spiro atoms. The topological polar surface area (TPSA) is 68.9 Å². The van der Waals surface area contributed by atoms with Gasteiger partial charge in [0.05, 0.1) is 11.9 Å². The van der Waals surface area contributed by atoms with Crippen molar-refractivity contribution in [3.05, 3.63) is 39.6 Å². The minimum Gasteiger partial charge on any atom is -0.507 e. The van der Waals surface area contributed by atoms with Crippen LogP contribution >= 0.6 is 0 Å². The van der Waals surface area contributed by atoms with E-state index in [0.717, 1.165) is 57.3 Å². The molecule has 4 rings (SSSR count). The van der Waals surface area contributed by atoms with Crippen molar-refractivity contribution in [1.29, 1.82) is 0 Å². The second-order valence-corrected chi connectivity index (χ2v) is 8.79. The Labute approximate surface area is 166 Å². The zero-order valence-electron chi connectivity index (χ0n) is 17.0. The molecule has 2 aliphatic heterocycles. The molecule has 28 heavy (non-hydrogen) atoms. The lowest BCUT2D eigenvalue weighted by Crippen LogP contribution is -2.33. The molecule has 3 atom stereocenters. The maximum atomic E-state index is 13.0. The van der Waals surface area contributed by atoms with Gasteiger partial charge in [-0.05, 0) is 57.4 Å². The predicted molar refractivity (Wildman–Crippen MR) is 106 cm³/mol. The van der Waals surface area contributed by atoms with Crippen molar-refractivity contribution in [3.8, 4) is 5.75 Å². The Morgan fingerprint density at radius 2 is 2.11 bits per heavy atom. The highest BCUT2D eigenvalue weighted by molar-refractivity contribution is 5.38. The van der Waals surface area contributed by atoms with Crippen LogP contribution in [-0.4, -0.2) is 17.8 Å². The van der Waals surface area contributed by atoms with Crippen molar-refractivity contribution in [2.45, 2.75) is 89.3 Å². The van der Waals surface area contributed by atoms with Crippen LogP contribution < -0.4 is 5.63 Å². The highest BCUT2D eigenvalue weighted by atomic mass is 16.5. The summed E-state index contributed by atoms with van der Waals surface area (Å²) in [6.45, 7) is 4.79. The highest BCUT2D eigenvalue weighted by Crippen LogP contribution is 2.49. The van der Waals surface area contributed by atoms with Crippen LogP contribution in [-0.2, 0) is 15.1 Å². The summed E-state index contributed by atoms with van der Waals surface area (Å²) in [5, 5.41) is 10.9. The lowest BCUT2D eigenvalue weighted by atomic mass is 9.85. The van der Waals surface area contributed by atoms with E-state index >= 15 is 0 Å². The van der Waals surface area contributed by atoms with Gasteiger partial charge in [-0.25, -0.2) is 4.79 Å². The average Bonchev–Trinajstić information content (AvgIpc) is 3.40. The molecule has 1 aromatic heterocycles. The normalized spacial score (nSPS) is 28.6. The first-order valence-corrected chi connectivity index (χ1v) is 10.9. The van der Waals surface area contributed by atoms with Crippen LogP contribution in [0.4, 0.5) is 0 Å². The Morgan fingerprint density at radius 1 is 1.29 bits per heavy atom. The monoisotopic (exact) mass is 388 g/mol. The SMILES string of the molecule is CCC(CC1CCCCO1)c1cc(O)c(C2(CC3CC3)CC=C(C)O2)c(=O)o1. The van der Waals surface area contributed by atoms with Crippen LogP contribution in [0.1, 0.15) is 88.9 Å². The van der Waals surface area contributed by atoms with Crippen LogP contribution in [0.2, 0.25) is 0 Å². The van der Waals surface area contributed by atoms with Gasteiger partial charge in [-0.2, -0.15) is 0 Å². The molecule has 0 radical (unpaired) electrons. The first-order chi connectivity index (χ1) is 13.5. The van der Waals surface area contributed by atoms with Gasteiger partial charge in [-0.15, -0.1) is 0 Å². The van der Waals surface area contributed by atoms with E-state index in [1.54, 1.807) is 6.07 Å². The third kappa shape index (κ3) is 4.00. The molecule has 0 aromatic carbocycles. The molecule has 3 unspecified atom stereocenters. The Kier molecular flexibility index (Phi) is 5.55. The van der Waals surface area contributed by atoms with E-state index in [0.29, 0.717) is 23.7 Å². The summed E-state index contributed by atoms with van der Waals surface area (Å²) in [6, 6.07) is 1.65. The van der Waals surface area contributed by atoms with Crippen LogP contribution in [0.3, 0.4) is 0 Å². The molecule has 1 N–H and O–H groups in total. The third-order valence-corrected chi connectivity index (χ3v) is 6.51. The molecule has 1 aliphatic carbocycles. The van der Waals surface area contributed by atoms with Crippen molar-refractivity contribution < 1.29 is 19.0 Å². The highest BCUT2D eigenvalue weighted by Gasteiger charge is 2.46. The van der Waals surface area contributed by atoms with Gasteiger partial charge in [0.25, 0.3) is 0 Å². The van der Waals surface area contributed by atoms with Gasteiger partial charge in [0.1, 0.15) is 22.7 Å². The van der Waals surface area contributed by atoms with Gasteiger partial charge >= 0.3 is 5.63 Å².